The minimum atomic E-state index is 0.304. The molecule has 1 aromatic carbocycles. The fourth-order valence-corrected chi connectivity index (χ4v) is 3.85. The molecule has 2 rings (SSSR count). The molecule has 1 nitrogen and oxygen atoms in total. The van der Waals surface area contributed by atoms with Crippen LogP contribution in [0, 0.1) is 19.3 Å². The van der Waals surface area contributed by atoms with Crippen molar-refractivity contribution in [2.45, 2.75) is 52.4 Å². The van der Waals surface area contributed by atoms with Gasteiger partial charge in [0, 0.05) is 15.8 Å². The van der Waals surface area contributed by atoms with Crippen LogP contribution in [0.4, 0.5) is 0 Å². The molecule has 0 heterocycles. The average molecular weight is 360 g/mol. The topological polar surface area (TPSA) is 9.23 Å². The van der Waals surface area contributed by atoms with E-state index >= 15 is 0 Å². The first-order chi connectivity index (χ1) is 9.56. The van der Waals surface area contributed by atoms with E-state index in [1.807, 2.05) is 26.0 Å². The summed E-state index contributed by atoms with van der Waals surface area (Å²) in [6.45, 7) is 4.88. The Kier molecular flexibility index (Phi) is 5.80. The van der Waals surface area contributed by atoms with Gasteiger partial charge in [-0.2, -0.15) is 0 Å². The Balaban J connectivity index is 2.06. The fraction of sp³-hybridized carbons (Fsp3) is 0.647. The van der Waals surface area contributed by atoms with Crippen LogP contribution in [0.5, 0.6) is 5.75 Å². The van der Waals surface area contributed by atoms with Crippen LogP contribution in [0.15, 0.2) is 12.1 Å². The summed E-state index contributed by atoms with van der Waals surface area (Å²) in [5.74, 6) is 0.953. The molecule has 1 aliphatic rings. The molecule has 0 bridgehead atoms. The maximum Gasteiger partial charge on any atom is 0.119 e. The van der Waals surface area contributed by atoms with Crippen molar-refractivity contribution < 1.29 is 4.74 Å². The van der Waals surface area contributed by atoms with E-state index in [1.165, 1.54) is 38.5 Å². The largest absolute Gasteiger partial charge is 0.493 e. The first-order valence-electron chi connectivity index (χ1n) is 7.52. The molecule has 0 aliphatic heterocycles. The molecule has 0 N–H and O–H groups in total. The van der Waals surface area contributed by atoms with Crippen LogP contribution in [-0.2, 0) is 0 Å². The predicted molar refractivity (Wildman–Crippen MR) is 90.4 cm³/mol. The standard InChI is InChI=1S/C17H24BrClO/c1-13-9-15(10-14(2)16(13)19)20-12-17(11-18)7-5-3-4-6-8-17/h9-10H,3-8,11-12H2,1-2H3. The maximum absolute atomic E-state index is 6.21. The van der Waals surface area contributed by atoms with E-state index in [-0.39, 0.29) is 0 Å². The lowest BCUT2D eigenvalue weighted by Gasteiger charge is -2.30. The van der Waals surface area contributed by atoms with Crippen LogP contribution in [-0.4, -0.2) is 11.9 Å². The molecule has 0 spiro atoms. The van der Waals surface area contributed by atoms with Crippen molar-refractivity contribution in [3.63, 3.8) is 0 Å². The van der Waals surface area contributed by atoms with Crippen molar-refractivity contribution in [1.82, 2.24) is 0 Å². The van der Waals surface area contributed by atoms with Crippen LogP contribution in [0.3, 0.4) is 0 Å². The molecule has 20 heavy (non-hydrogen) atoms. The molecule has 1 aliphatic carbocycles. The van der Waals surface area contributed by atoms with Gasteiger partial charge in [-0.15, -0.1) is 0 Å². The number of rotatable bonds is 4. The Morgan fingerprint density at radius 1 is 1.10 bits per heavy atom. The molecule has 0 amide bonds. The quantitative estimate of drug-likeness (QED) is 0.468. The molecular formula is C17H24BrClO. The molecule has 3 heteroatoms. The third-order valence-electron chi connectivity index (χ3n) is 4.40. The zero-order chi connectivity index (χ0) is 14.6. The number of alkyl halides is 1. The van der Waals surface area contributed by atoms with E-state index < -0.39 is 0 Å². The summed E-state index contributed by atoms with van der Waals surface area (Å²) in [5.41, 5.74) is 2.49. The second kappa shape index (κ2) is 7.17. The summed E-state index contributed by atoms with van der Waals surface area (Å²) >= 11 is 9.93. The predicted octanol–water partition coefficient (Wildman–Crippen LogP) is 6.07. The van der Waals surface area contributed by atoms with Gasteiger partial charge in [-0.1, -0.05) is 53.2 Å². The van der Waals surface area contributed by atoms with Gasteiger partial charge in [0.2, 0.25) is 0 Å². The van der Waals surface area contributed by atoms with Gasteiger partial charge < -0.3 is 4.74 Å². The molecule has 0 saturated heterocycles. The van der Waals surface area contributed by atoms with Crippen molar-refractivity contribution in [3.8, 4) is 5.75 Å². The van der Waals surface area contributed by atoms with Crippen LogP contribution < -0.4 is 4.74 Å². The summed E-state index contributed by atoms with van der Waals surface area (Å²) in [6, 6.07) is 4.10. The molecule has 0 aromatic heterocycles. The average Bonchev–Trinajstić information content (AvgIpc) is 2.68. The summed E-state index contributed by atoms with van der Waals surface area (Å²) in [7, 11) is 0. The number of hydrogen-bond donors (Lipinski definition) is 0. The monoisotopic (exact) mass is 358 g/mol. The van der Waals surface area contributed by atoms with Crippen molar-refractivity contribution in [1.29, 1.82) is 0 Å². The summed E-state index contributed by atoms with van der Waals surface area (Å²) < 4.78 is 6.12. The van der Waals surface area contributed by atoms with Gasteiger partial charge in [0.15, 0.2) is 0 Å². The first-order valence-corrected chi connectivity index (χ1v) is 9.02. The number of hydrogen-bond acceptors (Lipinski definition) is 1. The molecule has 112 valence electrons. The lowest BCUT2D eigenvalue weighted by molar-refractivity contribution is 0.149. The van der Waals surface area contributed by atoms with Gasteiger partial charge >= 0.3 is 0 Å². The van der Waals surface area contributed by atoms with Crippen LogP contribution >= 0.6 is 27.5 Å². The van der Waals surface area contributed by atoms with Gasteiger partial charge in [0.05, 0.1) is 6.61 Å². The highest BCUT2D eigenvalue weighted by Crippen LogP contribution is 2.37. The highest BCUT2D eigenvalue weighted by Gasteiger charge is 2.30. The number of benzene rings is 1. The van der Waals surface area contributed by atoms with Crippen molar-refractivity contribution in [2.24, 2.45) is 5.41 Å². The van der Waals surface area contributed by atoms with Gasteiger partial charge in [-0.05, 0) is 49.9 Å². The molecule has 0 atom stereocenters. The minimum Gasteiger partial charge on any atom is -0.493 e. The molecule has 1 aromatic rings. The van der Waals surface area contributed by atoms with Gasteiger partial charge in [0.25, 0.3) is 0 Å². The molecule has 1 fully saturated rings. The van der Waals surface area contributed by atoms with E-state index in [4.69, 9.17) is 16.3 Å². The smallest absolute Gasteiger partial charge is 0.119 e. The molecule has 0 radical (unpaired) electrons. The molecular weight excluding hydrogens is 336 g/mol. The van der Waals surface area contributed by atoms with Crippen molar-refractivity contribution in [3.05, 3.63) is 28.3 Å². The van der Waals surface area contributed by atoms with Gasteiger partial charge in [0.1, 0.15) is 5.75 Å². The van der Waals surface area contributed by atoms with E-state index in [9.17, 15) is 0 Å². The Morgan fingerprint density at radius 2 is 1.65 bits per heavy atom. The minimum absolute atomic E-state index is 0.304. The number of halogens is 2. The van der Waals surface area contributed by atoms with E-state index in [1.54, 1.807) is 0 Å². The number of aryl methyl sites for hydroxylation is 2. The lowest BCUT2D eigenvalue weighted by Crippen LogP contribution is -2.30. The van der Waals surface area contributed by atoms with Crippen molar-refractivity contribution >= 4 is 27.5 Å². The normalized spacial score (nSPS) is 18.6. The van der Waals surface area contributed by atoms with E-state index in [2.05, 4.69) is 15.9 Å². The fourth-order valence-electron chi connectivity index (χ4n) is 3.02. The summed E-state index contributed by atoms with van der Waals surface area (Å²) in [5, 5.41) is 1.88. The van der Waals surface area contributed by atoms with Gasteiger partial charge in [-0.25, -0.2) is 0 Å². The Morgan fingerprint density at radius 3 is 2.15 bits per heavy atom. The van der Waals surface area contributed by atoms with Crippen LogP contribution in [0.2, 0.25) is 5.02 Å². The highest BCUT2D eigenvalue weighted by molar-refractivity contribution is 9.09. The summed E-state index contributed by atoms with van der Waals surface area (Å²) in [4.78, 5) is 0. The van der Waals surface area contributed by atoms with E-state index in [0.29, 0.717) is 5.41 Å². The van der Waals surface area contributed by atoms with E-state index in [0.717, 1.165) is 33.8 Å². The van der Waals surface area contributed by atoms with Crippen molar-refractivity contribution in [2.75, 3.05) is 11.9 Å². The Bertz CT molecular complexity index is 427. The first kappa shape index (κ1) is 16.2. The zero-order valence-corrected chi connectivity index (χ0v) is 14.8. The zero-order valence-electron chi connectivity index (χ0n) is 12.5. The molecule has 1 saturated carbocycles. The second-order valence-electron chi connectivity index (χ2n) is 6.21. The van der Waals surface area contributed by atoms with Crippen LogP contribution in [0.25, 0.3) is 0 Å². The SMILES string of the molecule is Cc1cc(OCC2(CBr)CCCCCC2)cc(C)c1Cl. The van der Waals surface area contributed by atoms with Crippen LogP contribution in [0.1, 0.15) is 49.7 Å². The third kappa shape index (κ3) is 3.92. The highest BCUT2D eigenvalue weighted by atomic mass is 79.9. The number of ether oxygens (including phenoxy) is 1. The van der Waals surface area contributed by atoms with Gasteiger partial charge in [-0.3, -0.25) is 0 Å². The Hall–Kier alpha value is -0.210. The lowest BCUT2D eigenvalue weighted by atomic mass is 9.83. The molecule has 0 unspecified atom stereocenters. The third-order valence-corrected chi connectivity index (χ3v) is 6.19. The second-order valence-corrected chi connectivity index (χ2v) is 7.15. The summed E-state index contributed by atoms with van der Waals surface area (Å²) in [6.07, 6.45) is 7.93. The Labute approximate surface area is 136 Å². The maximum atomic E-state index is 6.21.